The molecule has 0 fully saturated rings. The second-order valence-corrected chi connectivity index (χ2v) is 3.72. The standard InChI is InChI=1S/C11H17NOS/c1-12(7-8-14)9-10-5-3-4-6-11(10)13-2/h3-6,14H,7-9H2,1-2H3. The first-order valence-electron chi connectivity index (χ1n) is 4.69. The van der Waals surface area contributed by atoms with Gasteiger partial charge in [-0.1, -0.05) is 18.2 Å². The molecule has 0 radical (unpaired) electrons. The minimum absolute atomic E-state index is 0.881. The van der Waals surface area contributed by atoms with E-state index in [2.05, 4.69) is 30.6 Å². The van der Waals surface area contributed by atoms with Crippen molar-refractivity contribution >= 4 is 12.6 Å². The molecule has 0 heterocycles. The fraction of sp³-hybridized carbons (Fsp3) is 0.455. The van der Waals surface area contributed by atoms with Crippen molar-refractivity contribution in [3.05, 3.63) is 29.8 Å². The number of benzene rings is 1. The zero-order valence-electron chi connectivity index (χ0n) is 8.73. The molecule has 78 valence electrons. The van der Waals surface area contributed by atoms with Crippen LogP contribution in [0.4, 0.5) is 0 Å². The van der Waals surface area contributed by atoms with Crippen LogP contribution in [0.15, 0.2) is 24.3 Å². The molecule has 0 bridgehead atoms. The molecule has 0 atom stereocenters. The molecular weight excluding hydrogens is 194 g/mol. The Bertz CT molecular complexity index is 278. The average Bonchev–Trinajstić information content (AvgIpc) is 2.19. The molecule has 0 N–H and O–H groups in total. The van der Waals surface area contributed by atoms with E-state index in [0.29, 0.717) is 0 Å². The van der Waals surface area contributed by atoms with Gasteiger partial charge in [-0.25, -0.2) is 0 Å². The molecule has 3 heteroatoms. The Balaban J connectivity index is 2.65. The molecule has 1 aromatic rings. The van der Waals surface area contributed by atoms with Crippen molar-refractivity contribution in [2.24, 2.45) is 0 Å². The summed E-state index contributed by atoms with van der Waals surface area (Å²) >= 11 is 4.20. The van der Waals surface area contributed by atoms with Gasteiger partial charge in [0.1, 0.15) is 5.75 Å². The fourth-order valence-electron chi connectivity index (χ4n) is 1.37. The van der Waals surface area contributed by atoms with Gasteiger partial charge in [0.25, 0.3) is 0 Å². The van der Waals surface area contributed by atoms with Gasteiger partial charge in [-0.15, -0.1) is 0 Å². The molecule has 1 aromatic carbocycles. The summed E-state index contributed by atoms with van der Waals surface area (Å²) in [5, 5.41) is 0. The summed E-state index contributed by atoms with van der Waals surface area (Å²) in [6, 6.07) is 8.10. The number of thiol groups is 1. The lowest BCUT2D eigenvalue weighted by Crippen LogP contribution is -2.20. The van der Waals surface area contributed by atoms with E-state index in [1.807, 2.05) is 18.2 Å². The number of nitrogens with zero attached hydrogens (tertiary/aromatic N) is 1. The first-order valence-corrected chi connectivity index (χ1v) is 5.32. The third-order valence-corrected chi connectivity index (χ3v) is 2.31. The average molecular weight is 211 g/mol. The van der Waals surface area contributed by atoms with Gasteiger partial charge in [0, 0.05) is 24.4 Å². The van der Waals surface area contributed by atoms with E-state index in [0.717, 1.165) is 24.6 Å². The highest BCUT2D eigenvalue weighted by atomic mass is 32.1. The third-order valence-electron chi connectivity index (χ3n) is 2.11. The number of hydrogen-bond acceptors (Lipinski definition) is 3. The number of hydrogen-bond donors (Lipinski definition) is 1. The SMILES string of the molecule is COc1ccccc1CN(C)CCS. The van der Waals surface area contributed by atoms with Gasteiger partial charge in [0.2, 0.25) is 0 Å². The third kappa shape index (κ3) is 3.24. The second-order valence-electron chi connectivity index (χ2n) is 3.27. The molecule has 0 unspecified atom stereocenters. The summed E-state index contributed by atoms with van der Waals surface area (Å²) in [5.74, 6) is 1.84. The summed E-state index contributed by atoms with van der Waals surface area (Å²) in [5.41, 5.74) is 1.22. The van der Waals surface area contributed by atoms with Crippen LogP contribution in [0.25, 0.3) is 0 Å². The van der Waals surface area contributed by atoms with E-state index in [-0.39, 0.29) is 0 Å². The van der Waals surface area contributed by atoms with Gasteiger partial charge < -0.3 is 9.64 Å². The number of para-hydroxylation sites is 1. The molecular formula is C11H17NOS. The Morgan fingerprint density at radius 3 is 2.71 bits per heavy atom. The fourth-order valence-corrected chi connectivity index (χ4v) is 1.72. The molecule has 2 nitrogen and oxygen atoms in total. The van der Waals surface area contributed by atoms with Gasteiger partial charge in [-0.2, -0.15) is 12.6 Å². The lowest BCUT2D eigenvalue weighted by atomic mass is 10.2. The molecule has 0 aliphatic rings. The predicted molar refractivity (Wildman–Crippen MR) is 63.2 cm³/mol. The Morgan fingerprint density at radius 1 is 1.36 bits per heavy atom. The van der Waals surface area contributed by atoms with Crippen LogP contribution in [0.2, 0.25) is 0 Å². The number of rotatable bonds is 5. The van der Waals surface area contributed by atoms with E-state index in [1.165, 1.54) is 5.56 Å². The molecule has 0 amide bonds. The summed E-state index contributed by atoms with van der Waals surface area (Å²) in [6.45, 7) is 1.89. The van der Waals surface area contributed by atoms with Crippen molar-refractivity contribution < 1.29 is 4.74 Å². The van der Waals surface area contributed by atoms with Gasteiger partial charge in [0.15, 0.2) is 0 Å². The Morgan fingerprint density at radius 2 is 2.07 bits per heavy atom. The van der Waals surface area contributed by atoms with Gasteiger partial charge >= 0.3 is 0 Å². The lowest BCUT2D eigenvalue weighted by molar-refractivity contribution is 0.335. The quantitative estimate of drug-likeness (QED) is 0.748. The summed E-state index contributed by atoms with van der Waals surface area (Å²) in [7, 11) is 3.79. The molecule has 0 spiro atoms. The molecule has 0 aliphatic heterocycles. The Labute approximate surface area is 91.3 Å². The first kappa shape index (κ1) is 11.4. The topological polar surface area (TPSA) is 12.5 Å². The van der Waals surface area contributed by atoms with Crippen molar-refractivity contribution in [1.29, 1.82) is 0 Å². The van der Waals surface area contributed by atoms with Crippen LogP contribution in [-0.2, 0) is 6.54 Å². The zero-order chi connectivity index (χ0) is 10.4. The predicted octanol–water partition coefficient (Wildman–Crippen LogP) is 2.06. The molecule has 0 saturated carbocycles. The Kier molecular flexibility index (Phi) is 4.84. The summed E-state index contributed by atoms with van der Waals surface area (Å²) in [4.78, 5) is 2.23. The van der Waals surface area contributed by atoms with Gasteiger partial charge in [0.05, 0.1) is 7.11 Å². The highest BCUT2D eigenvalue weighted by Gasteiger charge is 2.04. The van der Waals surface area contributed by atoms with Gasteiger partial charge in [-0.05, 0) is 13.1 Å². The molecule has 0 aromatic heterocycles. The Hall–Kier alpha value is -0.670. The number of methoxy groups -OCH3 is 1. The van der Waals surface area contributed by atoms with Crippen molar-refractivity contribution in [3.63, 3.8) is 0 Å². The molecule has 14 heavy (non-hydrogen) atoms. The van der Waals surface area contributed by atoms with Crippen molar-refractivity contribution in [2.75, 3.05) is 26.5 Å². The molecule has 1 rings (SSSR count). The van der Waals surface area contributed by atoms with Crippen LogP contribution < -0.4 is 4.74 Å². The smallest absolute Gasteiger partial charge is 0.123 e. The lowest BCUT2D eigenvalue weighted by Gasteiger charge is -2.16. The van der Waals surface area contributed by atoms with Crippen LogP contribution in [0, 0.1) is 0 Å². The molecule has 0 aliphatic carbocycles. The van der Waals surface area contributed by atoms with Crippen LogP contribution >= 0.6 is 12.6 Å². The second kappa shape index (κ2) is 5.94. The highest BCUT2D eigenvalue weighted by Crippen LogP contribution is 2.18. The van der Waals surface area contributed by atoms with Crippen molar-refractivity contribution in [1.82, 2.24) is 4.90 Å². The number of ether oxygens (including phenoxy) is 1. The van der Waals surface area contributed by atoms with Crippen LogP contribution in [0.1, 0.15) is 5.56 Å². The van der Waals surface area contributed by atoms with Crippen molar-refractivity contribution in [2.45, 2.75) is 6.54 Å². The zero-order valence-corrected chi connectivity index (χ0v) is 9.63. The van der Waals surface area contributed by atoms with Crippen molar-refractivity contribution in [3.8, 4) is 5.75 Å². The normalized spacial score (nSPS) is 10.6. The van der Waals surface area contributed by atoms with E-state index < -0.39 is 0 Å². The maximum Gasteiger partial charge on any atom is 0.123 e. The van der Waals surface area contributed by atoms with E-state index >= 15 is 0 Å². The van der Waals surface area contributed by atoms with E-state index in [1.54, 1.807) is 7.11 Å². The van der Waals surface area contributed by atoms with Crippen LogP contribution in [0.5, 0.6) is 5.75 Å². The minimum atomic E-state index is 0.881. The first-order chi connectivity index (χ1) is 6.77. The summed E-state index contributed by atoms with van der Waals surface area (Å²) < 4.78 is 5.28. The van der Waals surface area contributed by atoms with E-state index in [9.17, 15) is 0 Å². The van der Waals surface area contributed by atoms with E-state index in [4.69, 9.17) is 4.74 Å². The summed E-state index contributed by atoms with van der Waals surface area (Å²) in [6.07, 6.45) is 0. The van der Waals surface area contributed by atoms with Gasteiger partial charge in [-0.3, -0.25) is 0 Å². The maximum absolute atomic E-state index is 5.28. The highest BCUT2D eigenvalue weighted by molar-refractivity contribution is 7.80. The maximum atomic E-state index is 5.28. The molecule has 0 saturated heterocycles. The minimum Gasteiger partial charge on any atom is -0.496 e. The van der Waals surface area contributed by atoms with Crippen LogP contribution in [0.3, 0.4) is 0 Å². The largest absolute Gasteiger partial charge is 0.496 e. The monoisotopic (exact) mass is 211 g/mol. The van der Waals surface area contributed by atoms with Crippen LogP contribution in [-0.4, -0.2) is 31.4 Å².